The van der Waals surface area contributed by atoms with Crippen LogP contribution in [0.15, 0.2) is 35.5 Å². The fourth-order valence-corrected chi connectivity index (χ4v) is 2.89. The van der Waals surface area contributed by atoms with Gasteiger partial charge in [0, 0.05) is 28.6 Å². The summed E-state index contributed by atoms with van der Waals surface area (Å²) in [6.45, 7) is 9.16. The lowest BCUT2D eigenvalue weighted by molar-refractivity contribution is 0.305. The van der Waals surface area contributed by atoms with Gasteiger partial charge in [-0.3, -0.25) is 0 Å². The van der Waals surface area contributed by atoms with Gasteiger partial charge >= 0.3 is 0 Å². The van der Waals surface area contributed by atoms with Crippen LogP contribution < -0.4 is 15.4 Å². The lowest BCUT2D eigenvalue weighted by Gasteiger charge is -2.10. The number of thiophene rings is 1. The van der Waals surface area contributed by atoms with Gasteiger partial charge in [-0.15, -0.1) is 11.3 Å². The van der Waals surface area contributed by atoms with Crippen LogP contribution in [0.4, 0.5) is 0 Å². The molecule has 0 atom stereocenters. The Kier molecular flexibility index (Phi) is 7.55. The van der Waals surface area contributed by atoms with E-state index >= 15 is 0 Å². The first-order valence-corrected chi connectivity index (χ1v) is 9.18. The first-order valence-electron chi connectivity index (χ1n) is 8.36. The Morgan fingerprint density at radius 1 is 1.21 bits per heavy atom. The van der Waals surface area contributed by atoms with Crippen molar-refractivity contribution in [1.82, 2.24) is 15.6 Å². The maximum Gasteiger partial charge on any atom is 0.213 e. The van der Waals surface area contributed by atoms with E-state index in [0.29, 0.717) is 19.0 Å². The van der Waals surface area contributed by atoms with E-state index in [0.717, 1.165) is 31.0 Å². The van der Waals surface area contributed by atoms with Gasteiger partial charge in [0.05, 0.1) is 19.7 Å². The number of aromatic nitrogens is 1. The molecule has 0 bridgehead atoms. The van der Waals surface area contributed by atoms with Crippen LogP contribution in [0.2, 0.25) is 0 Å². The van der Waals surface area contributed by atoms with Crippen molar-refractivity contribution in [2.24, 2.45) is 4.99 Å². The van der Waals surface area contributed by atoms with Crippen LogP contribution in [0, 0.1) is 6.92 Å². The first-order chi connectivity index (χ1) is 11.7. The molecular weight excluding hydrogens is 320 g/mol. The summed E-state index contributed by atoms with van der Waals surface area (Å²) in [5, 5.41) is 6.63. The number of aryl methyl sites for hydroxylation is 1. The quantitative estimate of drug-likeness (QED) is 0.567. The normalized spacial score (nSPS) is 11.4. The smallest absolute Gasteiger partial charge is 0.213 e. The van der Waals surface area contributed by atoms with Crippen LogP contribution in [0.25, 0.3) is 0 Å². The molecular formula is C18H26N4OS. The van der Waals surface area contributed by atoms with E-state index in [1.54, 1.807) is 11.3 Å². The minimum atomic E-state index is 0.583. The molecule has 2 N–H and O–H groups in total. The van der Waals surface area contributed by atoms with Gasteiger partial charge in [-0.25, -0.2) is 9.98 Å². The van der Waals surface area contributed by atoms with Crippen molar-refractivity contribution in [3.8, 4) is 5.88 Å². The van der Waals surface area contributed by atoms with Crippen molar-refractivity contribution in [3.63, 3.8) is 0 Å². The molecule has 24 heavy (non-hydrogen) atoms. The monoisotopic (exact) mass is 346 g/mol. The molecule has 2 rings (SSSR count). The van der Waals surface area contributed by atoms with E-state index < -0.39 is 0 Å². The molecule has 2 heterocycles. The molecule has 5 nitrogen and oxygen atoms in total. The molecule has 0 saturated carbocycles. The van der Waals surface area contributed by atoms with E-state index in [-0.39, 0.29) is 0 Å². The molecule has 2 aromatic rings. The number of pyridine rings is 1. The fourth-order valence-electron chi connectivity index (χ4n) is 2.06. The fraction of sp³-hybridized carbons (Fsp3) is 0.444. The van der Waals surface area contributed by atoms with E-state index in [2.05, 4.69) is 53.5 Å². The molecule has 0 aliphatic heterocycles. The molecule has 0 aromatic carbocycles. The van der Waals surface area contributed by atoms with E-state index in [1.165, 1.54) is 9.75 Å². The Bertz CT molecular complexity index is 637. The van der Waals surface area contributed by atoms with Crippen molar-refractivity contribution in [2.75, 3.05) is 13.2 Å². The zero-order valence-corrected chi connectivity index (χ0v) is 15.4. The molecule has 0 fully saturated rings. The molecule has 130 valence electrons. The second-order valence-corrected chi connectivity index (χ2v) is 6.79. The maximum absolute atomic E-state index is 5.49. The van der Waals surface area contributed by atoms with Gasteiger partial charge in [-0.1, -0.05) is 13.0 Å². The minimum Gasteiger partial charge on any atom is -0.478 e. The number of hydrogen-bond donors (Lipinski definition) is 2. The van der Waals surface area contributed by atoms with Crippen LogP contribution in [0.5, 0.6) is 5.88 Å². The van der Waals surface area contributed by atoms with Gasteiger partial charge in [0.15, 0.2) is 5.96 Å². The summed E-state index contributed by atoms with van der Waals surface area (Å²) in [7, 11) is 0. The van der Waals surface area contributed by atoms with Gasteiger partial charge in [-0.05, 0) is 38.0 Å². The van der Waals surface area contributed by atoms with Crippen molar-refractivity contribution in [3.05, 3.63) is 45.8 Å². The Hall–Kier alpha value is -2.08. The van der Waals surface area contributed by atoms with Crippen LogP contribution in [-0.2, 0) is 13.1 Å². The van der Waals surface area contributed by atoms with Gasteiger partial charge < -0.3 is 15.4 Å². The number of guanidine groups is 1. The van der Waals surface area contributed by atoms with Gasteiger partial charge in [0.25, 0.3) is 0 Å². The van der Waals surface area contributed by atoms with E-state index in [1.807, 2.05) is 18.3 Å². The molecule has 0 aliphatic carbocycles. The van der Waals surface area contributed by atoms with Crippen LogP contribution in [0.1, 0.15) is 35.6 Å². The van der Waals surface area contributed by atoms with Gasteiger partial charge in [-0.2, -0.15) is 0 Å². The summed E-state index contributed by atoms with van der Waals surface area (Å²) >= 11 is 1.80. The van der Waals surface area contributed by atoms with Crippen LogP contribution in [0.3, 0.4) is 0 Å². The maximum atomic E-state index is 5.49. The Labute approximate surface area is 148 Å². The second kappa shape index (κ2) is 9.93. The number of nitrogens with one attached hydrogen (secondary N) is 2. The lowest BCUT2D eigenvalue weighted by Crippen LogP contribution is -2.36. The van der Waals surface area contributed by atoms with Gasteiger partial charge in [0.1, 0.15) is 0 Å². The third-order valence-electron chi connectivity index (χ3n) is 3.24. The number of nitrogens with zero attached hydrogens (tertiary/aromatic N) is 2. The first kappa shape index (κ1) is 18.3. The SMILES string of the molecule is CCCOc1ccc(CN=C(NCC)NCc2ccc(C)s2)cn1. The predicted molar refractivity (Wildman–Crippen MR) is 101 cm³/mol. The zero-order valence-electron chi connectivity index (χ0n) is 14.6. The molecule has 0 saturated heterocycles. The number of hydrogen-bond acceptors (Lipinski definition) is 4. The minimum absolute atomic E-state index is 0.583. The van der Waals surface area contributed by atoms with Crippen LogP contribution in [-0.4, -0.2) is 24.1 Å². The standard InChI is InChI=1S/C18H26N4OS/c1-4-10-23-17-9-7-15(11-20-17)12-21-18(19-5-2)22-13-16-8-6-14(3)24-16/h6-9,11H,4-5,10,12-13H2,1-3H3,(H2,19,21,22). The molecule has 0 amide bonds. The van der Waals surface area contributed by atoms with Crippen molar-refractivity contribution >= 4 is 17.3 Å². The molecule has 2 aromatic heterocycles. The molecule has 0 spiro atoms. The highest BCUT2D eigenvalue weighted by molar-refractivity contribution is 7.11. The zero-order chi connectivity index (χ0) is 17.2. The summed E-state index contributed by atoms with van der Waals surface area (Å²) < 4.78 is 5.49. The highest BCUT2D eigenvalue weighted by atomic mass is 32.1. The third kappa shape index (κ3) is 6.20. The highest BCUT2D eigenvalue weighted by Crippen LogP contribution is 2.14. The summed E-state index contributed by atoms with van der Waals surface area (Å²) in [4.78, 5) is 11.5. The molecule has 6 heteroatoms. The predicted octanol–water partition coefficient (Wildman–Crippen LogP) is 3.50. The lowest BCUT2D eigenvalue weighted by atomic mass is 10.3. The van der Waals surface area contributed by atoms with Gasteiger partial charge in [0.2, 0.25) is 5.88 Å². The number of ether oxygens (including phenoxy) is 1. The highest BCUT2D eigenvalue weighted by Gasteiger charge is 2.01. The summed E-state index contributed by atoms with van der Waals surface area (Å²) in [6, 6.07) is 8.19. The summed E-state index contributed by atoms with van der Waals surface area (Å²) in [5.74, 6) is 1.48. The summed E-state index contributed by atoms with van der Waals surface area (Å²) in [6.07, 6.45) is 2.80. The topological polar surface area (TPSA) is 58.5 Å². The Morgan fingerprint density at radius 2 is 2.08 bits per heavy atom. The number of aliphatic imine (C=N–C) groups is 1. The second-order valence-electron chi connectivity index (χ2n) is 5.41. The molecule has 0 aliphatic rings. The van der Waals surface area contributed by atoms with E-state index in [9.17, 15) is 0 Å². The third-order valence-corrected chi connectivity index (χ3v) is 4.24. The Balaban J connectivity index is 1.89. The average Bonchev–Trinajstić information content (AvgIpc) is 3.02. The molecule has 0 radical (unpaired) electrons. The summed E-state index contributed by atoms with van der Waals surface area (Å²) in [5.41, 5.74) is 1.06. The average molecular weight is 346 g/mol. The van der Waals surface area contributed by atoms with E-state index in [4.69, 9.17) is 4.74 Å². The Morgan fingerprint density at radius 3 is 2.71 bits per heavy atom. The van der Waals surface area contributed by atoms with Crippen molar-refractivity contribution < 1.29 is 4.74 Å². The molecule has 0 unspecified atom stereocenters. The van der Waals surface area contributed by atoms with Crippen molar-refractivity contribution in [1.29, 1.82) is 0 Å². The van der Waals surface area contributed by atoms with Crippen LogP contribution >= 0.6 is 11.3 Å². The largest absolute Gasteiger partial charge is 0.478 e. The number of rotatable bonds is 8. The van der Waals surface area contributed by atoms with Crippen molar-refractivity contribution in [2.45, 2.75) is 40.3 Å².